The van der Waals surface area contributed by atoms with Crippen molar-refractivity contribution in [2.24, 2.45) is 5.11 Å². The van der Waals surface area contributed by atoms with E-state index in [-0.39, 0.29) is 24.3 Å². The number of ether oxygens (including phenoxy) is 1. The molecule has 0 unspecified atom stereocenters. The molecule has 1 aromatic heterocycles. The average molecular weight is 234 g/mol. The van der Waals surface area contributed by atoms with E-state index in [9.17, 15) is 9.59 Å². The van der Waals surface area contributed by atoms with Crippen molar-refractivity contribution in [3.8, 4) is 0 Å². The van der Waals surface area contributed by atoms with Gasteiger partial charge in [0.05, 0.1) is 18.7 Å². The largest absolute Gasteiger partial charge is 0.466 e. The maximum absolute atomic E-state index is 11.4. The highest BCUT2D eigenvalue weighted by molar-refractivity contribution is 5.96. The first-order valence-electron chi connectivity index (χ1n) is 4.88. The first kappa shape index (κ1) is 12.7. The van der Waals surface area contributed by atoms with Gasteiger partial charge in [-0.3, -0.25) is 14.6 Å². The average Bonchev–Trinajstić information content (AvgIpc) is 2.30. The van der Waals surface area contributed by atoms with Crippen molar-refractivity contribution in [2.45, 2.75) is 13.3 Å². The van der Waals surface area contributed by atoms with E-state index in [0.29, 0.717) is 0 Å². The number of nitrogens with zero attached hydrogens (tertiary/aromatic N) is 4. The number of pyridine rings is 1. The zero-order valence-electron chi connectivity index (χ0n) is 9.16. The van der Waals surface area contributed by atoms with Gasteiger partial charge in [-0.05, 0) is 29.7 Å². The molecule has 1 heterocycles. The molecule has 0 aliphatic rings. The molecule has 0 atom stereocenters. The molecule has 1 amide bonds. The summed E-state index contributed by atoms with van der Waals surface area (Å²) in [6.07, 6.45) is 1.32. The van der Waals surface area contributed by atoms with Gasteiger partial charge in [0.15, 0.2) is 0 Å². The van der Waals surface area contributed by atoms with Gasteiger partial charge in [-0.25, -0.2) is 0 Å². The zero-order valence-corrected chi connectivity index (χ0v) is 9.16. The molecule has 0 bridgehead atoms. The van der Waals surface area contributed by atoms with Gasteiger partial charge in [0.1, 0.15) is 0 Å². The van der Waals surface area contributed by atoms with E-state index in [4.69, 9.17) is 10.3 Å². The Morgan fingerprint density at radius 1 is 1.59 bits per heavy atom. The van der Waals surface area contributed by atoms with E-state index in [1.807, 2.05) is 0 Å². The number of carbonyl (C=O) groups is 2. The summed E-state index contributed by atoms with van der Waals surface area (Å²) in [5.74, 6) is -1.25. The third kappa shape index (κ3) is 3.58. The van der Waals surface area contributed by atoms with Gasteiger partial charge in [0.2, 0.25) is 0 Å². The molecule has 1 rings (SSSR count). The van der Waals surface area contributed by atoms with E-state index in [2.05, 4.69) is 15.0 Å². The number of rotatable bonds is 4. The Kier molecular flexibility index (Phi) is 4.65. The van der Waals surface area contributed by atoms with E-state index < -0.39 is 11.9 Å². The van der Waals surface area contributed by atoms with Gasteiger partial charge in [-0.15, -0.1) is 0 Å². The fourth-order valence-corrected chi connectivity index (χ4v) is 1.22. The molecular formula is C10H10N4O3. The van der Waals surface area contributed by atoms with Crippen LogP contribution in [0.4, 0.5) is 0 Å². The van der Waals surface area contributed by atoms with Gasteiger partial charge in [0.25, 0.3) is 5.91 Å². The second-order valence-electron chi connectivity index (χ2n) is 2.97. The summed E-state index contributed by atoms with van der Waals surface area (Å²) in [6.45, 7) is 1.94. The normalized spacial score (nSPS) is 9.24. The van der Waals surface area contributed by atoms with E-state index in [1.54, 1.807) is 6.92 Å². The van der Waals surface area contributed by atoms with Crippen LogP contribution < -0.4 is 0 Å². The third-order valence-electron chi connectivity index (χ3n) is 1.87. The fraction of sp³-hybridized carbons (Fsp3) is 0.300. The standard InChI is InChI=1S/C10H10N4O3/c1-2-17-9(15)6-8-7(4-3-5-12-8)10(16)13-14-11/h3-5H,2,6H2,1H3. The van der Waals surface area contributed by atoms with Crippen LogP contribution in [0.1, 0.15) is 23.0 Å². The summed E-state index contributed by atoms with van der Waals surface area (Å²) in [7, 11) is 0. The number of carbonyl (C=O) groups excluding carboxylic acids is 2. The number of amides is 1. The van der Waals surface area contributed by atoms with Crippen LogP contribution in [0.2, 0.25) is 0 Å². The van der Waals surface area contributed by atoms with Crippen molar-refractivity contribution in [1.29, 1.82) is 0 Å². The van der Waals surface area contributed by atoms with Gasteiger partial charge < -0.3 is 4.74 Å². The molecule has 0 saturated heterocycles. The summed E-state index contributed by atoms with van der Waals surface area (Å²) < 4.78 is 4.75. The SMILES string of the molecule is CCOC(=O)Cc1ncccc1C(=O)N=[N+]=[N-]. The monoisotopic (exact) mass is 234 g/mol. The van der Waals surface area contributed by atoms with Crippen molar-refractivity contribution in [3.05, 3.63) is 40.0 Å². The lowest BCUT2D eigenvalue weighted by Crippen LogP contribution is -2.12. The summed E-state index contributed by atoms with van der Waals surface area (Å²) in [5, 5.41) is 2.96. The van der Waals surface area contributed by atoms with E-state index in [0.717, 1.165) is 0 Å². The molecule has 0 N–H and O–H groups in total. The van der Waals surface area contributed by atoms with Gasteiger partial charge >= 0.3 is 5.97 Å². The first-order valence-corrected chi connectivity index (χ1v) is 4.88. The molecular weight excluding hydrogens is 224 g/mol. The van der Waals surface area contributed by atoms with Crippen LogP contribution in [0.5, 0.6) is 0 Å². The van der Waals surface area contributed by atoms with Crippen molar-refractivity contribution in [1.82, 2.24) is 4.98 Å². The molecule has 7 nitrogen and oxygen atoms in total. The highest BCUT2D eigenvalue weighted by atomic mass is 16.5. The molecule has 1 aromatic rings. The molecule has 0 fully saturated rings. The molecule has 0 saturated carbocycles. The Morgan fingerprint density at radius 2 is 2.35 bits per heavy atom. The predicted molar refractivity (Wildman–Crippen MR) is 58.1 cm³/mol. The minimum absolute atomic E-state index is 0.110. The lowest BCUT2D eigenvalue weighted by molar-refractivity contribution is -0.142. The second kappa shape index (κ2) is 6.24. The molecule has 0 aliphatic heterocycles. The van der Waals surface area contributed by atoms with E-state index in [1.165, 1.54) is 18.3 Å². The van der Waals surface area contributed by atoms with Crippen LogP contribution in [-0.2, 0) is 16.0 Å². The number of esters is 1. The van der Waals surface area contributed by atoms with Crippen molar-refractivity contribution in [2.75, 3.05) is 6.61 Å². The Balaban J connectivity index is 2.95. The highest BCUT2D eigenvalue weighted by Crippen LogP contribution is 2.09. The summed E-state index contributed by atoms with van der Waals surface area (Å²) in [5.41, 5.74) is 8.53. The van der Waals surface area contributed by atoms with E-state index >= 15 is 0 Å². The highest BCUT2D eigenvalue weighted by Gasteiger charge is 2.14. The number of hydrogen-bond donors (Lipinski definition) is 0. The van der Waals surface area contributed by atoms with Crippen molar-refractivity contribution in [3.63, 3.8) is 0 Å². The molecule has 0 aliphatic carbocycles. The molecule has 0 spiro atoms. The van der Waals surface area contributed by atoms with Crippen LogP contribution in [0.25, 0.3) is 10.4 Å². The quantitative estimate of drug-likeness (QED) is 0.341. The lowest BCUT2D eigenvalue weighted by Gasteiger charge is -2.04. The number of aromatic nitrogens is 1. The maximum atomic E-state index is 11.4. The minimum atomic E-state index is -0.764. The molecule has 17 heavy (non-hydrogen) atoms. The second-order valence-corrected chi connectivity index (χ2v) is 2.97. The minimum Gasteiger partial charge on any atom is -0.466 e. The fourth-order valence-electron chi connectivity index (χ4n) is 1.22. The first-order chi connectivity index (χ1) is 8.19. The van der Waals surface area contributed by atoms with Crippen molar-refractivity contribution >= 4 is 11.9 Å². The van der Waals surface area contributed by atoms with Crippen LogP contribution >= 0.6 is 0 Å². The van der Waals surface area contributed by atoms with Crippen LogP contribution in [-0.4, -0.2) is 23.5 Å². The molecule has 0 aromatic carbocycles. The topological polar surface area (TPSA) is 105 Å². The zero-order chi connectivity index (χ0) is 12.7. The molecule has 0 radical (unpaired) electrons. The summed E-state index contributed by atoms with van der Waals surface area (Å²) in [6, 6.07) is 2.97. The number of azide groups is 1. The maximum Gasteiger partial charge on any atom is 0.311 e. The molecule has 88 valence electrons. The Hall–Kier alpha value is -2.40. The summed E-state index contributed by atoms with van der Waals surface area (Å²) >= 11 is 0. The smallest absolute Gasteiger partial charge is 0.311 e. The Labute approximate surface area is 97.0 Å². The van der Waals surface area contributed by atoms with Crippen LogP contribution in [0.15, 0.2) is 23.4 Å². The number of hydrogen-bond acceptors (Lipinski definition) is 4. The van der Waals surface area contributed by atoms with Gasteiger partial charge in [-0.2, -0.15) is 0 Å². The van der Waals surface area contributed by atoms with Crippen molar-refractivity contribution < 1.29 is 14.3 Å². The lowest BCUT2D eigenvalue weighted by atomic mass is 10.1. The third-order valence-corrected chi connectivity index (χ3v) is 1.87. The van der Waals surface area contributed by atoms with Gasteiger partial charge in [-0.1, -0.05) is 0 Å². The Morgan fingerprint density at radius 3 is 3.00 bits per heavy atom. The predicted octanol–water partition coefficient (Wildman–Crippen LogP) is 1.64. The van der Waals surface area contributed by atoms with Gasteiger partial charge in [0, 0.05) is 16.7 Å². The van der Waals surface area contributed by atoms with Crippen LogP contribution in [0, 0.1) is 0 Å². The molecule has 7 heteroatoms. The Bertz CT molecular complexity index is 480. The summed E-state index contributed by atoms with van der Waals surface area (Å²) in [4.78, 5) is 29.0. The van der Waals surface area contributed by atoms with Crippen LogP contribution in [0.3, 0.4) is 0 Å².